The molecule has 54 heavy (non-hydrogen) atoms. The van der Waals surface area contributed by atoms with Crippen LogP contribution in [-0.4, -0.2) is 85.8 Å². The first-order valence-corrected chi connectivity index (χ1v) is 20.0. The number of rotatable bonds is 19. The molecule has 0 aromatic heterocycles. The van der Waals surface area contributed by atoms with Gasteiger partial charge in [-0.05, 0) is 65.4 Å². The van der Waals surface area contributed by atoms with Gasteiger partial charge in [-0.2, -0.15) is 0 Å². The molecule has 304 valence electrons. The predicted octanol–water partition coefficient (Wildman–Crippen LogP) is 3.85. The average Bonchev–Trinajstić information content (AvgIpc) is 3.03. The first-order chi connectivity index (χ1) is 24.8. The van der Waals surface area contributed by atoms with E-state index in [1.807, 2.05) is 6.07 Å². The standard InChI is InChI=1S/C38H60N4O11S/c1-12-25(4)32(35(47)39-27(20-21-54(11,49)50)22-30(44)53-38(8,9)10)41-33(45)28(18-19-29(43)52-37(5,6)7)40-34(46)31(24(2)3)42-36(48)51-23-26-16-14-13-15-17-26/h13-17,20-21,24-25,27-28,31-32H,12,18-19,22-23H2,1-11H3,(H,39,47)(H,40,46)(H,41,45)(H,42,48)/b21-20+/t25?,27-,28+,31+,32-/m1/s1. The third-order valence-electron chi connectivity index (χ3n) is 7.61. The summed E-state index contributed by atoms with van der Waals surface area (Å²) in [4.78, 5) is 79.3. The van der Waals surface area contributed by atoms with Crippen LogP contribution in [0.15, 0.2) is 41.8 Å². The lowest BCUT2D eigenvalue weighted by atomic mass is 9.96. The van der Waals surface area contributed by atoms with Crippen LogP contribution >= 0.6 is 0 Å². The highest BCUT2D eigenvalue weighted by atomic mass is 32.2. The van der Waals surface area contributed by atoms with Gasteiger partial charge < -0.3 is 35.5 Å². The van der Waals surface area contributed by atoms with E-state index in [0.29, 0.717) is 6.42 Å². The van der Waals surface area contributed by atoms with Crippen molar-refractivity contribution in [1.29, 1.82) is 0 Å². The van der Waals surface area contributed by atoms with Crippen molar-refractivity contribution in [2.45, 2.75) is 137 Å². The van der Waals surface area contributed by atoms with Crippen molar-refractivity contribution in [1.82, 2.24) is 21.3 Å². The minimum absolute atomic E-state index is 0.0399. The van der Waals surface area contributed by atoms with E-state index in [1.165, 1.54) is 0 Å². The van der Waals surface area contributed by atoms with Crippen molar-refractivity contribution >= 4 is 45.6 Å². The molecule has 0 aliphatic carbocycles. The zero-order valence-electron chi connectivity index (χ0n) is 33.4. The maximum absolute atomic E-state index is 13.9. The Labute approximate surface area is 320 Å². The third-order valence-corrected chi connectivity index (χ3v) is 8.26. The van der Waals surface area contributed by atoms with Gasteiger partial charge in [0.2, 0.25) is 17.7 Å². The van der Waals surface area contributed by atoms with Crippen LogP contribution in [0.1, 0.15) is 100 Å². The second-order valence-electron chi connectivity index (χ2n) is 15.5. The Balaban J connectivity index is 3.34. The Morgan fingerprint density at radius 3 is 1.83 bits per heavy atom. The van der Waals surface area contributed by atoms with Crippen molar-refractivity contribution in [2.75, 3.05) is 6.26 Å². The largest absolute Gasteiger partial charge is 0.460 e. The maximum atomic E-state index is 13.9. The molecule has 1 rings (SSSR count). The number of carbonyl (C=O) groups is 6. The van der Waals surface area contributed by atoms with E-state index in [-0.39, 0.29) is 19.4 Å². The van der Waals surface area contributed by atoms with Gasteiger partial charge in [0.05, 0.1) is 12.5 Å². The van der Waals surface area contributed by atoms with E-state index in [4.69, 9.17) is 14.2 Å². The lowest BCUT2D eigenvalue weighted by Gasteiger charge is -2.29. The van der Waals surface area contributed by atoms with Crippen LogP contribution in [0, 0.1) is 11.8 Å². The van der Waals surface area contributed by atoms with Gasteiger partial charge in [-0.15, -0.1) is 0 Å². The molecule has 4 N–H and O–H groups in total. The Kier molecular flexibility index (Phi) is 18.9. The third kappa shape index (κ3) is 20.1. The van der Waals surface area contributed by atoms with E-state index in [9.17, 15) is 37.2 Å². The maximum Gasteiger partial charge on any atom is 0.408 e. The van der Waals surface area contributed by atoms with Crippen molar-refractivity contribution in [2.24, 2.45) is 11.8 Å². The van der Waals surface area contributed by atoms with Crippen molar-refractivity contribution < 1.29 is 51.4 Å². The summed E-state index contributed by atoms with van der Waals surface area (Å²) in [6.45, 7) is 16.9. The molecule has 0 aliphatic heterocycles. The average molecular weight is 781 g/mol. The van der Waals surface area contributed by atoms with Gasteiger partial charge in [0.1, 0.15) is 35.9 Å². The number of esters is 2. The number of carbonyl (C=O) groups excluding carboxylic acids is 6. The molecule has 16 heteroatoms. The molecule has 0 fully saturated rings. The van der Waals surface area contributed by atoms with E-state index < -0.39 is 99.2 Å². The molecule has 1 unspecified atom stereocenters. The monoisotopic (exact) mass is 780 g/mol. The van der Waals surface area contributed by atoms with Crippen LogP contribution in [0.5, 0.6) is 0 Å². The minimum atomic E-state index is -3.64. The Morgan fingerprint density at radius 2 is 1.31 bits per heavy atom. The fourth-order valence-electron chi connectivity index (χ4n) is 4.81. The molecule has 0 aliphatic rings. The molecule has 0 saturated carbocycles. The van der Waals surface area contributed by atoms with Gasteiger partial charge in [0.15, 0.2) is 9.84 Å². The molecule has 4 amide bonds. The molecule has 1 aromatic carbocycles. The van der Waals surface area contributed by atoms with Crippen LogP contribution < -0.4 is 21.3 Å². The number of benzene rings is 1. The van der Waals surface area contributed by atoms with Crippen LogP contribution in [0.3, 0.4) is 0 Å². The first-order valence-electron chi connectivity index (χ1n) is 18.0. The number of amides is 4. The van der Waals surface area contributed by atoms with Crippen molar-refractivity contribution in [3.05, 3.63) is 47.4 Å². The summed E-state index contributed by atoms with van der Waals surface area (Å²) in [6.07, 6.45) is 0.765. The topological polar surface area (TPSA) is 212 Å². The number of hydrogen-bond donors (Lipinski definition) is 4. The second kappa shape index (κ2) is 21.4. The molecule has 1 aromatic rings. The number of alkyl carbamates (subject to hydrolysis) is 1. The van der Waals surface area contributed by atoms with Gasteiger partial charge in [-0.1, -0.05) is 70.5 Å². The summed E-state index contributed by atoms with van der Waals surface area (Å²) in [5.41, 5.74) is -0.920. The minimum Gasteiger partial charge on any atom is -0.460 e. The lowest BCUT2D eigenvalue weighted by Crippen LogP contribution is -2.59. The fourth-order valence-corrected chi connectivity index (χ4v) is 5.28. The van der Waals surface area contributed by atoms with Crippen LogP contribution in [-0.2, 0) is 54.6 Å². The van der Waals surface area contributed by atoms with Gasteiger partial charge in [-0.3, -0.25) is 24.0 Å². The summed E-state index contributed by atoms with van der Waals surface area (Å²) < 4.78 is 39.8. The van der Waals surface area contributed by atoms with E-state index in [0.717, 1.165) is 23.3 Å². The smallest absolute Gasteiger partial charge is 0.408 e. The highest BCUT2D eigenvalue weighted by molar-refractivity contribution is 7.93. The molecule has 0 spiro atoms. The zero-order chi connectivity index (χ0) is 41.4. The van der Waals surface area contributed by atoms with Crippen molar-refractivity contribution in [3.8, 4) is 0 Å². The summed E-state index contributed by atoms with van der Waals surface area (Å²) >= 11 is 0. The van der Waals surface area contributed by atoms with Crippen LogP contribution in [0.2, 0.25) is 0 Å². The lowest BCUT2D eigenvalue weighted by molar-refractivity contribution is -0.156. The SMILES string of the molecule is CCC(C)[C@@H](NC(=O)[C@H](CCC(=O)OC(C)(C)C)NC(=O)[C@@H](NC(=O)OCc1ccccc1)C(C)C)C(=O)N[C@H](/C=C/S(C)(=O)=O)CC(=O)OC(C)(C)C. The highest BCUT2D eigenvalue weighted by Crippen LogP contribution is 2.15. The Hall–Kier alpha value is -4.47. The summed E-state index contributed by atoms with van der Waals surface area (Å²) in [5, 5.41) is 11.3. The molecule has 5 atom stereocenters. The molecular weight excluding hydrogens is 721 g/mol. The Bertz CT molecular complexity index is 1570. The second-order valence-corrected chi connectivity index (χ2v) is 17.5. The quantitative estimate of drug-likeness (QED) is 0.117. The first kappa shape index (κ1) is 47.6. The molecule has 0 bridgehead atoms. The molecule has 0 saturated heterocycles. The predicted molar refractivity (Wildman–Crippen MR) is 203 cm³/mol. The van der Waals surface area contributed by atoms with Gasteiger partial charge in [0.25, 0.3) is 0 Å². The molecule has 15 nitrogen and oxygen atoms in total. The van der Waals surface area contributed by atoms with E-state index in [2.05, 4.69) is 21.3 Å². The van der Waals surface area contributed by atoms with Crippen LogP contribution in [0.25, 0.3) is 0 Å². The summed E-state index contributed by atoms with van der Waals surface area (Å²) in [6, 6.07) is 4.09. The van der Waals surface area contributed by atoms with Gasteiger partial charge >= 0.3 is 18.0 Å². The molecule has 0 radical (unpaired) electrons. The number of hydrogen-bond acceptors (Lipinski definition) is 11. The normalized spacial score (nSPS) is 14.9. The summed E-state index contributed by atoms with van der Waals surface area (Å²) in [7, 11) is -3.64. The molecular formula is C38H60N4O11S. The molecule has 0 heterocycles. The summed E-state index contributed by atoms with van der Waals surface area (Å²) in [5.74, 6) is -4.54. The number of sulfone groups is 1. The van der Waals surface area contributed by atoms with Crippen LogP contribution in [0.4, 0.5) is 4.79 Å². The highest BCUT2D eigenvalue weighted by Gasteiger charge is 2.34. The van der Waals surface area contributed by atoms with E-state index in [1.54, 1.807) is 93.5 Å². The number of nitrogens with one attached hydrogen (secondary N) is 4. The number of ether oxygens (including phenoxy) is 3. The Morgan fingerprint density at radius 1 is 0.759 bits per heavy atom. The van der Waals surface area contributed by atoms with Crippen molar-refractivity contribution in [3.63, 3.8) is 0 Å². The van der Waals surface area contributed by atoms with Gasteiger partial charge in [0, 0.05) is 18.1 Å². The fraction of sp³-hybridized carbons (Fsp3) is 0.632. The van der Waals surface area contributed by atoms with E-state index >= 15 is 0 Å². The zero-order valence-corrected chi connectivity index (χ0v) is 34.3. The van der Waals surface area contributed by atoms with Gasteiger partial charge in [-0.25, -0.2) is 13.2 Å².